The minimum absolute atomic E-state index is 0.167. The number of ether oxygens (including phenoxy) is 3. The number of nitrogens with one attached hydrogen (secondary N) is 1. The van der Waals surface area contributed by atoms with Crippen molar-refractivity contribution in [2.75, 3.05) is 27.9 Å². The number of hydrogen-bond donors (Lipinski definition) is 7. The summed E-state index contributed by atoms with van der Waals surface area (Å²) < 4.78 is 16.2. The molecule has 192 valence electrons. The Hall–Kier alpha value is -2.71. The number of aromatic hydroxyl groups is 3. The molecule has 5 unspecified atom stereocenters. The normalized spacial score (nSPS) is 24.8. The maximum absolute atomic E-state index is 11.8. The van der Waals surface area contributed by atoms with Gasteiger partial charge in [0.15, 0.2) is 17.5 Å². The monoisotopic (exact) mass is 514 g/mol. The first-order valence-corrected chi connectivity index (χ1v) is 10.8. The third-order valence-corrected chi connectivity index (χ3v) is 6.52. The highest BCUT2D eigenvalue weighted by Crippen LogP contribution is 2.54. The Balaban J connectivity index is 2.24. The fourth-order valence-electron chi connectivity index (χ4n) is 4.35. The van der Waals surface area contributed by atoms with Gasteiger partial charge in [-0.3, -0.25) is 0 Å². The van der Waals surface area contributed by atoms with Gasteiger partial charge in [-0.05, 0) is 31.3 Å². The molecule has 5 atom stereocenters. The number of aliphatic hydroxyl groups is 3. The lowest BCUT2D eigenvalue weighted by molar-refractivity contribution is -0.153. The van der Waals surface area contributed by atoms with E-state index in [1.54, 1.807) is 7.05 Å². The van der Waals surface area contributed by atoms with Crippen LogP contribution in [0.15, 0.2) is 29.4 Å². The van der Waals surface area contributed by atoms with Crippen molar-refractivity contribution in [3.63, 3.8) is 0 Å². The molecule has 7 N–H and O–H groups in total. The lowest BCUT2D eigenvalue weighted by atomic mass is 9.85. The molecule has 0 aliphatic carbocycles. The maximum Gasteiger partial charge on any atom is 0.222 e. The summed E-state index contributed by atoms with van der Waals surface area (Å²) in [5.41, 5.74) is -1.55. The molecule has 2 aromatic rings. The molecule has 1 aliphatic rings. The van der Waals surface area contributed by atoms with Crippen molar-refractivity contribution in [1.82, 2.24) is 5.32 Å². The fourth-order valence-corrected chi connectivity index (χ4v) is 4.66. The molecule has 0 amide bonds. The number of halogens is 1. The van der Waals surface area contributed by atoms with Gasteiger partial charge < -0.3 is 50.2 Å². The van der Waals surface area contributed by atoms with Crippen LogP contribution in [0.25, 0.3) is 0 Å². The van der Waals surface area contributed by atoms with E-state index in [0.717, 1.165) is 0 Å². The lowest BCUT2D eigenvalue weighted by Gasteiger charge is -2.43. The van der Waals surface area contributed by atoms with Crippen LogP contribution < -0.4 is 10.1 Å². The Morgan fingerprint density at radius 1 is 1.11 bits per heavy atom. The van der Waals surface area contributed by atoms with E-state index >= 15 is 0 Å². The van der Waals surface area contributed by atoms with Crippen molar-refractivity contribution in [2.45, 2.75) is 36.2 Å². The maximum atomic E-state index is 11.8. The first-order valence-electron chi connectivity index (χ1n) is 10.4. The largest absolute Gasteiger partial charge is 0.507 e. The molecule has 0 saturated carbocycles. The van der Waals surface area contributed by atoms with Gasteiger partial charge in [-0.15, -0.1) is 0 Å². The van der Waals surface area contributed by atoms with E-state index in [-0.39, 0.29) is 5.56 Å². The molecule has 1 aliphatic heterocycles. The second-order valence-electron chi connectivity index (χ2n) is 7.94. The minimum Gasteiger partial charge on any atom is -0.507 e. The van der Waals surface area contributed by atoms with Crippen LogP contribution in [-0.4, -0.2) is 82.8 Å². The number of phenolic OH excluding ortho intramolecular Hbond substituents is 3. The molecule has 0 aromatic heterocycles. The Bertz CT molecular complexity index is 1070. The second-order valence-corrected chi connectivity index (χ2v) is 8.32. The van der Waals surface area contributed by atoms with Gasteiger partial charge >= 0.3 is 0 Å². The zero-order chi connectivity index (χ0) is 26.1. The molecule has 3 rings (SSSR count). The van der Waals surface area contributed by atoms with Gasteiger partial charge in [0.2, 0.25) is 5.79 Å². The first-order chi connectivity index (χ1) is 16.6. The summed E-state index contributed by atoms with van der Waals surface area (Å²) in [6.07, 6.45) is -3.57. The van der Waals surface area contributed by atoms with Gasteiger partial charge in [0.25, 0.3) is 0 Å². The van der Waals surface area contributed by atoms with Crippen LogP contribution in [0.5, 0.6) is 23.0 Å². The van der Waals surface area contributed by atoms with E-state index in [1.807, 2.05) is 0 Å². The Morgan fingerprint density at radius 3 is 2.23 bits per heavy atom. The molecule has 1 fully saturated rings. The number of rotatable bonds is 8. The van der Waals surface area contributed by atoms with Gasteiger partial charge in [-0.25, -0.2) is 0 Å². The van der Waals surface area contributed by atoms with Crippen LogP contribution in [0.2, 0.25) is 5.02 Å². The van der Waals surface area contributed by atoms with E-state index < -0.39 is 76.2 Å². The van der Waals surface area contributed by atoms with Crippen LogP contribution in [0, 0.1) is 4.91 Å². The third-order valence-electron chi connectivity index (χ3n) is 6.15. The third kappa shape index (κ3) is 4.49. The molecule has 2 aromatic carbocycles. The zero-order valence-corrected chi connectivity index (χ0v) is 19.8. The van der Waals surface area contributed by atoms with Crippen molar-refractivity contribution >= 4 is 11.6 Å². The van der Waals surface area contributed by atoms with Crippen LogP contribution in [0.3, 0.4) is 0 Å². The predicted octanol–water partition coefficient (Wildman–Crippen LogP) is 0.821. The fraction of sp³-hybridized carbons (Fsp3) is 0.455. The standard InChI is InChI=1S/C22H27ClN2O10/c1-24-15-11(8-26)35-20(16(25-32)21(15)34-3)12-17(27)13(14(23)19(29)18(12)28)22(30,31)9-4-6-10(33-2)7-5-9/h4-7,11,15-16,20-21,24,26-31H,8H2,1-3H3. The predicted molar refractivity (Wildman–Crippen MR) is 123 cm³/mol. The molecule has 35 heavy (non-hydrogen) atoms. The summed E-state index contributed by atoms with van der Waals surface area (Å²) in [7, 11) is 4.26. The number of phenols is 3. The van der Waals surface area contributed by atoms with Gasteiger partial charge in [0, 0.05) is 12.7 Å². The van der Waals surface area contributed by atoms with Crippen LogP contribution in [0.1, 0.15) is 22.8 Å². The SMILES string of the molecule is CNC1C(CO)OC(c2c(O)c(O)c(Cl)c(C(O)(O)c3ccc(OC)cc3)c2O)C(N=O)C1OC. The summed E-state index contributed by atoms with van der Waals surface area (Å²) in [5.74, 6) is -5.52. The second kappa shape index (κ2) is 10.5. The highest BCUT2D eigenvalue weighted by Gasteiger charge is 2.50. The summed E-state index contributed by atoms with van der Waals surface area (Å²) in [4.78, 5) is 11.8. The molecule has 12 nitrogen and oxygen atoms in total. The van der Waals surface area contributed by atoms with Gasteiger partial charge in [0.1, 0.15) is 23.7 Å². The Labute approximate surface area is 205 Å². The molecule has 0 spiro atoms. The van der Waals surface area contributed by atoms with E-state index in [2.05, 4.69) is 10.5 Å². The molecule has 0 radical (unpaired) electrons. The minimum atomic E-state index is -2.98. The molecule has 1 saturated heterocycles. The average molecular weight is 515 g/mol. The summed E-state index contributed by atoms with van der Waals surface area (Å²) in [6.45, 7) is -0.544. The molecule has 1 heterocycles. The summed E-state index contributed by atoms with van der Waals surface area (Å²) in [5, 5.41) is 69.3. The summed E-state index contributed by atoms with van der Waals surface area (Å²) >= 11 is 6.12. The quantitative estimate of drug-likeness (QED) is 0.114. The lowest BCUT2D eigenvalue weighted by Crippen LogP contribution is -2.60. The van der Waals surface area contributed by atoms with Gasteiger partial charge in [-0.1, -0.05) is 16.8 Å². The number of aliphatic hydroxyl groups excluding tert-OH is 1. The molecular formula is C22H27ClN2O10. The molecule has 13 heteroatoms. The van der Waals surface area contributed by atoms with Crippen molar-refractivity contribution in [1.29, 1.82) is 0 Å². The van der Waals surface area contributed by atoms with Crippen molar-refractivity contribution < 1.29 is 44.8 Å². The van der Waals surface area contributed by atoms with Crippen LogP contribution in [-0.2, 0) is 15.3 Å². The Kier molecular flexibility index (Phi) is 8.07. The molecular weight excluding hydrogens is 488 g/mol. The van der Waals surface area contributed by atoms with E-state index in [1.165, 1.54) is 38.5 Å². The highest BCUT2D eigenvalue weighted by atomic mass is 35.5. The smallest absolute Gasteiger partial charge is 0.222 e. The van der Waals surface area contributed by atoms with Crippen molar-refractivity contribution in [2.24, 2.45) is 5.18 Å². The van der Waals surface area contributed by atoms with E-state index in [4.69, 9.17) is 25.8 Å². The average Bonchev–Trinajstić information content (AvgIpc) is 2.86. The van der Waals surface area contributed by atoms with Crippen LogP contribution >= 0.6 is 11.6 Å². The number of hydrogen-bond acceptors (Lipinski definition) is 12. The van der Waals surface area contributed by atoms with Crippen molar-refractivity contribution in [3.8, 4) is 23.0 Å². The zero-order valence-electron chi connectivity index (χ0n) is 19.0. The van der Waals surface area contributed by atoms with Gasteiger partial charge in [0.05, 0.1) is 42.0 Å². The number of methoxy groups -OCH3 is 2. The molecule has 0 bridgehead atoms. The topological polar surface area (TPSA) is 191 Å². The van der Waals surface area contributed by atoms with Crippen molar-refractivity contribution in [3.05, 3.63) is 50.9 Å². The highest BCUT2D eigenvalue weighted by molar-refractivity contribution is 6.33. The first kappa shape index (κ1) is 26.9. The van der Waals surface area contributed by atoms with E-state index in [9.17, 15) is 35.5 Å². The van der Waals surface area contributed by atoms with Gasteiger partial charge in [-0.2, -0.15) is 4.91 Å². The van der Waals surface area contributed by atoms with E-state index in [0.29, 0.717) is 5.75 Å². The summed E-state index contributed by atoms with van der Waals surface area (Å²) in [6, 6.07) is 3.30. The Morgan fingerprint density at radius 2 is 1.74 bits per heavy atom. The number of likely N-dealkylation sites (N-methyl/N-ethyl adjacent to an activating group) is 1. The van der Waals surface area contributed by atoms with Crippen LogP contribution in [0.4, 0.5) is 0 Å². The number of benzene rings is 2. The number of nitroso groups, excluding NO2 is 1. The number of nitrogens with zero attached hydrogens (tertiary/aromatic N) is 1.